The SMILES string of the molecule is CCCN(CCCCN1CCCCCC1=O)C(C)Cc1cc(NC(=O)c2ccccc2)ccc1C(C)(C)C. The molecule has 0 saturated carbocycles. The summed E-state index contributed by atoms with van der Waals surface area (Å²) >= 11 is 0. The Hall–Kier alpha value is -2.66. The summed E-state index contributed by atoms with van der Waals surface area (Å²) in [6.45, 7) is 15.3. The third-order valence-electron chi connectivity index (χ3n) is 7.65. The van der Waals surface area contributed by atoms with E-state index in [2.05, 4.69) is 61.9 Å². The van der Waals surface area contributed by atoms with Crippen LogP contribution in [0.15, 0.2) is 48.5 Å². The highest BCUT2D eigenvalue weighted by Crippen LogP contribution is 2.30. The maximum absolute atomic E-state index is 12.8. The third-order valence-corrected chi connectivity index (χ3v) is 7.65. The molecule has 0 radical (unpaired) electrons. The number of amides is 2. The highest BCUT2D eigenvalue weighted by molar-refractivity contribution is 6.04. The van der Waals surface area contributed by atoms with E-state index in [4.69, 9.17) is 0 Å². The third kappa shape index (κ3) is 8.97. The molecule has 1 fully saturated rings. The maximum Gasteiger partial charge on any atom is 0.255 e. The maximum atomic E-state index is 12.8. The molecule has 2 aromatic carbocycles. The lowest BCUT2D eigenvalue weighted by Gasteiger charge is -2.32. The summed E-state index contributed by atoms with van der Waals surface area (Å²) < 4.78 is 0. The zero-order chi connectivity index (χ0) is 27.5. The van der Waals surface area contributed by atoms with E-state index in [1.807, 2.05) is 36.4 Å². The average molecular weight is 520 g/mol. The van der Waals surface area contributed by atoms with Gasteiger partial charge in [-0.2, -0.15) is 0 Å². The van der Waals surface area contributed by atoms with E-state index in [9.17, 15) is 9.59 Å². The molecule has 208 valence electrons. The number of anilines is 1. The van der Waals surface area contributed by atoms with Crippen LogP contribution in [0.5, 0.6) is 0 Å². The number of hydrogen-bond donors (Lipinski definition) is 1. The first-order chi connectivity index (χ1) is 18.2. The second kappa shape index (κ2) is 14.5. The molecule has 5 heteroatoms. The average Bonchev–Trinajstić information content (AvgIpc) is 3.09. The number of nitrogens with zero attached hydrogens (tertiary/aromatic N) is 2. The Bertz CT molecular complexity index is 1030. The lowest BCUT2D eigenvalue weighted by Crippen LogP contribution is -2.37. The largest absolute Gasteiger partial charge is 0.343 e. The highest BCUT2D eigenvalue weighted by Gasteiger charge is 2.22. The van der Waals surface area contributed by atoms with E-state index in [1.165, 1.54) is 17.5 Å². The Morgan fingerprint density at radius 2 is 1.79 bits per heavy atom. The van der Waals surface area contributed by atoms with Crippen molar-refractivity contribution in [1.82, 2.24) is 9.80 Å². The van der Waals surface area contributed by atoms with Gasteiger partial charge in [0.25, 0.3) is 5.91 Å². The molecule has 3 rings (SSSR count). The fourth-order valence-corrected chi connectivity index (χ4v) is 5.54. The molecule has 1 unspecified atom stereocenters. The minimum atomic E-state index is -0.0800. The minimum Gasteiger partial charge on any atom is -0.343 e. The number of hydrogen-bond acceptors (Lipinski definition) is 3. The monoisotopic (exact) mass is 519 g/mol. The molecular weight excluding hydrogens is 470 g/mol. The van der Waals surface area contributed by atoms with Crippen molar-refractivity contribution in [2.24, 2.45) is 0 Å². The quantitative estimate of drug-likeness (QED) is 0.305. The van der Waals surface area contributed by atoms with Gasteiger partial charge in [-0.15, -0.1) is 0 Å². The van der Waals surface area contributed by atoms with Crippen molar-refractivity contribution in [2.45, 2.75) is 97.4 Å². The molecule has 5 nitrogen and oxygen atoms in total. The van der Waals surface area contributed by atoms with Gasteiger partial charge in [0.05, 0.1) is 0 Å². The van der Waals surface area contributed by atoms with Gasteiger partial charge in [-0.1, -0.05) is 58.4 Å². The van der Waals surface area contributed by atoms with Gasteiger partial charge in [0.15, 0.2) is 0 Å². The van der Waals surface area contributed by atoms with E-state index in [-0.39, 0.29) is 11.3 Å². The predicted molar refractivity (Wildman–Crippen MR) is 159 cm³/mol. The standard InChI is InChI=1S/C33H49N3O2/c1-6-20-35(21-13-14-23-36-22-12-8-11-17-31(36)37)26(2)24-28-25-29(18-19-30(28)33(3,4)5)34-32(38)27-15-9-7-10-16-27/h7,9-10,15-16,18-19,25-26H,6,8,11-14,17,20-24H2,1-5H3,(H,34,38). The molecule has 38 heavy (non-hydrogen) atoms. The smallest absolute Gasteiger partial charge is 0.255 e. The van der Waals surface area contributed by atoms with Crippen LogP contribution in [0, 0.1) is 0 Å². The van der Waals surface area contributed by atoms with Crippen LogP contribution in [0.4, 0.5) is 5.69 Å². The van der Waals surface area contributed by atoms with Gasteiger partial charge in [-0.25, -0.2) is 0 Å². The van der Waals surface area contributed by atoms with Crippen molar-refractivity contribution < 1.29 is 9.59 Å². The van der Waals surface area contributed by atoms with E-state index in [0.717, 1.165) is 76.8 Å². The number of likely N-dealkylation sites (tertiary alicyclic amines) is 1. The molecule has 0 aliphatic carbocycles. The molecule has 2 amide bonds. The molecule has 1 atom stereocenters. The van der Waals surface area contributed by atoms with Crippen LogP contribution in [0.25, 0.3) is 0 Å². The van der Waals surface area contributed by atoms with Crippen molar-refractivity contribution >= 4 is 17.5 Å². The second-order valence-corrected chi connectivity index (χ2v) is 11.9. The fourth-order valence-electron chi connectivity index (χ4n) is 5.54. The van der Waals surface area contributed by atoms with E-state index in [1.54, 1.807) is 0 Å². The van der Waals surface area contributed by atoms with E-state index >= 15 is 0 Å². The Morgan fingerprint density at radius 3 is 2.50 bits per heavy atom. The summed E-state index contributed by atoms with van der Waals surface area (Å²) in [4.78, 5) is 29.8. The van der Waals surface area contributed by atoms with Gasteiger partial charge in [0, 0.05) is 36.8 Å². The van der Waals surface area contributed by atoms with Crippen LogP contribution in [-0.4, -0.2) is 53.8 Å². The van der Waals surface area contributed by atoms with Gasteiger partial charge in [0.2, 0.25) is 5.91 Å². The summed E-state index contributed by atoms with van der Waals surface area (Å²) in [5, 5.41) is 3.10. The van der Waals surface area contributed by atoms with E-state index < -0.39 is 0 Å². The van der Waals surface area contributed by atoms with Crippen LogP contribution in [0.1, 0.15) is 101 Å². The minimum absolute atomic E-state index is 0.0201. The van der Waals surface area contributed by atoms with Gasteiger partial charge in [-0.3, -0.25) is 9.59 Å². The highest BCUT2D eigenvalue weighted by atomic mass is 16.2. The number of unbranched alkanes of at least 4 members (excludes halogenated alkanes) is 1. The molecule has 2 aromatic rings. The van der Waals surface area contributed by atoms with Crippen LogP contribution in [0.2, 0.25) is 0 Å². The number of nitrogens with one attached hydrogen (secondary N) is 1. The predicted octanol–water partition coefficient (Wildman–Crippen LogP) is 7.06. The van der Waals surface area contributed by atoms with Gasteiger partial charge >= 0.3 is 0 Å². The molecular formula is C33H49N3O2. The lowest BCUT2D eigenvalue weighted by atomic mass is 9.82. The first kappa shape index (κ1) is 29.9. The number of carbonyl (C=O) groups excluding carboxylic acids is 2. The van der Waals surface area contributed by atoms with Crippen molar-refractivity contribution in [3.63, 3.8) is 0 Å². The molecule has 1 aliphatic heterocycles. The summed E-state index contributed by atoms with van der Waals surface area (Å²) in [5.41, 5.74) is 4.16. The Morgan fingerprint density at radius 1 is 1.03 bits per heavy atom. The molecule has 1 saturated heterocycles. The Balaban J connectivity index is 1.65. The van der Waals surface area contributed by atoms with Crippen molar-refractivity contribution in [1.29, 1.82) is 0 Å². The molecule has 0 bridgehead atoms. The second-order valence-electron chi connectivity index (χ2n) is 11.9. The van der Waals surface area contributed by atoms with Crippen LogP contribution in [0.3, 0.4) is 0 Å². The molecule has 0 spiro atoms. The van der Waals surface area contributed by atoms with Crippen LogP contribution in [-0.2, 0) is 16.6 Å². The normalized spacial score (nSPS) is 15.4. The first-order valence-corrected chi connectivity index (χ1v) is 14.7. The molecule has 0 aromatic heterocycles. The zero-order valence-corrected chi connectivity index (χ0v) is 24.4. The summed E-state index contributed by atoms with van der Waals surface area (Å²) in [5.74, 6) is 0.263. The Kier molecular flexibility index (Phi) is 11.4. The Labute approximate surface area is 231 Å². The van der Waals surface area contributed by atoms with Crippen LogP contribution < -0.4 is 5.32 Å². The van der Waals surface area contributed by atoms with Gasteiger partial charge in [-0.05, 0) is 99.3 Å². The first-order valence-electron chi connectivity index (χ1n) is 14.7. The number of carbonyl (C=O) groups is 2. The van der Waals surface area contributed by atoms with Gasteiger partial charge in [0.1, 0.15) is 0 Å². The molecule has 1 heterocycles. The van der Waals surface area contributed by atoms with Crippen molar-refractivity contribution in [2.75, 3.05) is 31.5 Å². The summed E-state index contributed by atoms with van der Waals surface area (Å²) in [6.07, 6.45) is 8.31. The lowest BCUT2D eigenvalue weighted by molar-refractivity contribution is -0.130. The topological polar surface area (TPSA) is 52.6 Å². The zero-order valence-electron chi connectivity index (χ0n) is 24.4. The fraction of sp³-hybridized carbons (Fsp3) is 0.576. The summed E-state index contributed by atoms with van der Waals surface area (Å²) in [7, 11) is 0. The number of benzene rings is 2. The van der Waals surface area contributed by atoms with Crippen molar-refractivity contribution in [3.8, 4) is 0 Å². The van der Waals surface area contributed by atoms with E-state index in [0.29, 0.717) is 17.5 Å². The molecule has 1 N–H and O–H groups in total. The molecule has 1 aliphatic rings. The van der Waals surface area contributed by atoms with Gasteiger partial charge < -0.3 is 15.1 Å². The number of rotatable bonds is 12. The van der Waals surface area contributed by atoms with Crippen LogP contribution >= 0.6 is 0 Å². The van der Waals surface area contributed by atoms with Crippen molar-refractivity contribution in [3.05, 3.63) is 65.2 Å². The summed E-state index contributed by atoms with van der Waals surface area (Å²) in [6, 6.07) is 16.2.